The van der Waals surface area contributed by atoms with Gasteiger partial charge in [0.2, 0.25) is 0 Å². The van der Waals surface area contributed by atoms with Gasteiger partial charge in [0.1, 0.15) is 0 Å². The van der Waals surface area contributed by atoms with Gasteiger partial charge in [-0.05, 0) is 6.42 Å². The van der Waals surface area contributed by atoms with Crippen LogP contribution in [-0.4, -0.2) is 19.8 Å². The van der Waals surface area contributed by atoms with Crippen LogP contribution in [0.2, 0.25) is 25.2 Å². The van der Waals surface area contributed by atoms with Crippen molar-refractivity contribution in [3.8, 4) is 0 Å². The summed E-state index contributed by atoms with van der Waals surface area (Å²) in [4.78, 5) is 0. The first-order valence-corrected chi connectivity index (χ1v) is 8.14. The molecule has 0 bridgehead atoms. The fourth-order valence-corrected chi connectivity index (χ4v) is 4.33. The van der Waals surface area contributed by atoms with E-state index >= 15 is 0 Å². The predicted octanol–water partition coefficient (Wildman–Crippen LogP) is 2.88. The van der Waals surface area contributed by atoms with Crippen molar-refractivity contribution in [3.63, 3.8) is 0 Å². The summed E-state index contributed by atoms with van der Waals surface area (Å²) >= 11 is 0. The molecular weight excluding hydrogens is 152 g/mol. The Hall–Kier alpha value is 0.177. The van der Waals surface area contributed by atoms with Crippen LogP contribution >= 0.6 is 0 Å². The molecule has 0 fully saturated rings. The lowest BCUT2D eigenvalue weighted by Gasteiger charge is -2.20. The van der Waals surface area contributed by atoms with Gasteiger partial charge >= 0.3 is 0 Å². The summed E-state index contributed by atoms with van der Waals surface area (Å²) in [5, 5.41) is 8.61. The maximum absolute atomic E-state index is 8.61. The van der Waals surface area contributed by atoms with Gasteiger partial charge < -0.3 is 5.11 Å². The van der Waals surface area contributed by atoms with Crippen molar-refractivity contribution >= 4 is 8.07 Å². The largest absolute Gasteiger partial charge is 0.396 e. The number of hydrogen-bond acceptors (Lipinski definition) is 1. The molecule has 0 radical (unpaired) electrons. The standard InChI is InChI=1S/C9H22OSi/c1-4-8-11(2,3)9-6-5-7-10/h10H,4-9H2,1-3H3. The Balaban J connectivity index is 3.38. The normalized spacial score (nSPS) is 12.0. The van der Waals surface area contributed by atoms with Crippen molar-refractivity contribution in [2.45, 2.75) is 51.4 Å². The topological polar surface area (TPSA) is 20.2 Å². The van der Waals surface area contributed by atoms with E-state index in [1.165, 1.54) is 24.9 Å². The molecule has 68 valence electrons. The van der Waals surface area contributed by atoms with Crippen LogP contribution in [0.3, 0.4) is 0 Å². The molecular formula is C9H22OSi. The van der Waals surface area contributed by atoms with Crippen LogP contribution in [-0.2, 0) is 0 Å². The van der Waals surface area contributed by atoms with Crippen LogP contribution in [0.5, 0.6) is 0 Å². The zero-order chi connectivity index (χ0) is 8.74. The first-order chi connectivity index (χ1) is 5.12. The van der Waals surface area contributed by atoms with E-state index in [2.05, 4.69) is 20.0 Å². The highest BCUT2D eigenvalue weighted by Crippen LogP contribution is 2.19. The highest BCUT2D eigenvalue weighted by atomic mass is 28.3. The van der Waals surface area contributed by atoms with E-state index in [0.29, 0.717) is 6.61 Å². The number of hydrogen-bond donors (Lipinski definition) is 1. The van der Waals surface area contributed by atoms with Crippen LogP contribution < -0.4 is 0 Å². The van der Waals surface area contributed by atoms with E-state index in [1.807, 2.05) is 0 Å². The number of aliphatic hydroxyl groups excluding tert-OH is 1. The molecule has 0 aliphatic heterocycles. The van der Waals surface area contributed by atoms with Crippen molar-refractivity contribution < 1.29 is 5.11 Å². The Morgan fingerprint density at radius 1 is 1.09 bits per heavy atom. The minimum atomic E-state index is -0.852. The molecule has 0 aromatic carbocycles. The van der Waals surface area contributed by atoms with Gasteiger partial charge in [-0.15, -0.1) is 0 Å². The van der Waals surface area contributed by atoms with E-state index in [0.717, 1.165) is 6.42 Å². The smallest absolute Gasteiger partial charge is 0.0473 e. The SMILES string of the molecule is CCC[Si](C)(C)CCCCO. The third-order valence-corrected chi connectivity index (χ3v) is 5.75. The molecule has 1 N–H and O–H groups in total. The first kappa shape index (κ1) is 11.2. The molecule has 0 spiro atoms. The van der Waals surface area contributed by atoms with E-state index in [1.54, 1.807) is 0 Å². The average molecular weight is 174 g/mol. The monoisotopic (exact) mass is 174 g/mol. The van der Waals surface area contributed by atoms with E-state index in [-0.39, 0.29) is 0 Å². The van der Waals surface area contributed by atoms with E-state index in [4.69, 9.17) is 5.11 Å². The maximum Gasteiger partial charge on any atom is 0.0473 e. The summed E-state index contributed by atoms with van der Waals surface area (Å²) in [6.07, 6.45) is 3.56. The molecule has 0 aliphatic rings. The zero-order valence-corrected chi connectivity index (χ0v) is 9.19. The molecule has 0 aromatic heterocycles. The van der Waals surface area contributed by atoms with Gasteiger partial charge in [0.25, 0.3) is 0 Å². The second-order valence-corrected chi connectivity index (χ2v) is 9.42. The molecule has 0 aliphatic carbocycles. The molecule has 0 heterocycles. The van der Waals surface area contributed by atoms with Crippen LogP contribution in [0, 0.1) is 0 Å². The van der Waals surface area contributed by atoms with Crippen LogP contribution in [0.1, 0.15) is 26.2 Å². The van der Waals surface area contributed by atoms with Gasteiger partial charge in [-0.25, -0.2) is 0 Å². The zero-order valence-electron chi connectivity index (χ0n) is 8.19. The summed E-state index contributed by atoms with van der Waals surface area (Å²) in [7, 11) is -0.852. The van der Waals surface area contributed by atoms with Gasteiger partial charge in [0, 0.05) is 14.7 Å². The lowest BCUT2D eigenvalue weighted by Crippen LogP contribution is -2.24. The molecule has 0 aromatic rings. The lowest BCUT2D eigenvalue weighted by molar-refractivity contribution is 0.287. The van der Waals surface area contributed by atoms with Gasteiger partial charge in [0.05, 0.1) is 0 Å². The molecule has 0 saturated heterocycles. The van der Waals surface area contributed by atoms with Crippen molar-refractivity contribution in [1.82, 2.24) is 0 Å². The quantitative estimate of drug-likeness (QED) is 0.485. The Morgan fingerprint density at radius 2 is 1.73 bits per heavy atom. The molecule has 0 atom stereocenters. The molecule has 0 amide bonds. The summed E-state index contributed by atoms with van der Waals surface area (Å²) in [6.45, 7) is 7.54. The molecule has 11 heavy (non-hydrogen) atoms. The van der Waals surface area contributed by atoms with Gasteiger partial charge in [0.15, 0.2) is 0 Å². The maximum atomic E-state index is 8.61. The summed E-state index contributed by atoms with van der Waals surface area (Å²) in [5.74, 6) is 0. The summed E-state index contributed by atoms with van der Waals surface area (Å²) in [5.41, 5.74) is 0. The Morgan fingerprint density at radius 3 is 2.18 bits per heavy atom. The molecule has 1 nitrogen and oxygen atoms in total. The van der Waals surface area contributed by atoms with Crippen LogP contribution in [0.4, 0.5) is 0 Å². The Kier molecular flexibility index (Phi) is 5.87. The third-order valence-electron chi connectivity index (χ3n) is 2.19. The van der Waals surface area contributed by atoms with E-state index < -0.39 is 8.07 Å². The van der Waals surface area contributed by atoms with Crippen molar-refractivity contribution in [2.75, 3.05) is 6.61 Å². The molecule has 0 rings (SSSR count). The van der Waals surface area contributed by atoms with Crippen molar-refractivity contribution in [2.24, 2.45) is 0 Å². The second kappa shape index (κ2) is 5.78. The number of aliphatic hydroxyl groups is 1. The Labute approximate surface area is 71.8 Å². The van der Waals surface area contributed by atoms with Gasteiger partial charge in [-0.2, -0.15) is 0 Å². The van der Waals surface area contributed by atoms with Gasteiger partial charge in [-0.1, -0.05) is 44.9 Å². The number of rotatable bonds is 6. The molecule has 0 unspecified atom stereocenters. The molecule has 2 heteroatoms. The highest BCUT2D eigenvalue weighted by molar-refractivity contribution is 6.77. The number of unbranched alkanes of at least 4 members (excludes halogenated alkanes) is 1. The summed E-state index contributed by atoms with van der Waals surface area (Å²) < 4.78 is 0. The minimum Gasteiger partial charge on any atom is -0.396 e. The fraction of sp³-hybridized carbons (Fsp3) is 1.00. The Bertz CT molecular complexity index is 91.6. The second-order valence-electron chi connectivity index (χ2n) is 4.09. The van der Waals surface area contributed by atoms with Crippen molar-refractivity contribution in [3.05, 3.63) is 0 Å². The van der Waals surface area contributed by atoms with Crippen LogP contribution in [0.15, 0.2) is 0 Å². The van der Waals surface area contributed by atoms with Gasteiger partial charge in [-0.3, -0.25) is 0 Å². The molecule has 0 saturated carbocycles. The predicted molar refractivity (Wildman–Crippen MR) is 53.7 cm³/mol. The first-order valence-electron chi connectivity index (χ1n) is 4.73. The fourth-order valence-electron chi connectivity index (χ4n) is 1.52. The average Bonchev–Trinajstić information content (AvgIpc) is 1.87. The lowest BCUT2D eigenvalue weighted by atomic mass is 10.4. The minimum absolute atomic E-state index is 0.372. The van der Waals surface area contributed by atoms with Crippen molar-refractivity contribution in [1.29, 1.82) is 0 Å². The summed E-state index contributed by atoms with van der Waals surface area (Å²) in [6, 6.07) is 2.83. The van der Waals surface area contributed by atoms with E-state index in [9.17, 15) is 0 Å². The highest BCUT2D eigenvalue weighted by Gasteiger charge is 2.17. The van der Waals surface area contributed by atoms with Crippen LogP contribution in [0.25, 0.3) is 0 Å². The third kappa shape index (κ3) is 6.57.